The first-order chi connectivity index (χ1) is 8.16. The van der Waals surface area contributed by atoms with Gasteiger partial charge in [-0.1, -0.05) is 30.7 Å². The largest absolute Gasteiger partial charge is 0.384 e. The summed E-state index contributed by atoms with van der Waals surface area (Å²) < 4.78 is 0. The second-order valence-corrected chi connectivity index (χ2v) is 3.98. The van der Waals surface area contributed by atoms with Crippen LogP contribution in [0.5, 0.6) is 0 Å². The minimum atomic E-state index is -0.0593. The number of carbonyl (C=O) groups is 1. The summed E-state index contributed by atoms with van der Waals surface area (Å²) in [6, 6.07) is 7.00. The molecule has 0 amide bonds. The van der Waals surface area contributed by atoms with E-state index in [0.29, 0.717) is 24.1 Å². The SMILES string of the molecule is N=C(N)c1ccccc1C(=O)CCCCCN. The van der Waals surface area contributed by atoms with Crippen LogP contribution in [0.15, 0.2) is 24.3 Å². The molecule has 0 unspecified atom stereocenters. The fraction of sp³-hybridized carbons (Fsp3) is 0.385. The summed E-state index contributed by atoms with van der Waals surface area (Å²) in [5.41, 5.74) is 11.9. The Morgan fingerprint density at radius 1 is 1.12 bits per heavy atom. The molecule has 17 heavy (non-hydrogen) atoms. The Labute approximate surface area is 102 Å². The third-order valence-electron chi connectivity index (χ3n) is 2.63. The van der Waals surface area contributed by atoms with E-state index >= 15 is 0 Å². The monoisotopic (exact) mass is 233 g/mol. The zero-order valence-corrected chi connectivity index (χ0v) is 9.91. The van der Waals surface area contributed by atoms with Gasteiger partial charge in [0.1, 0.15) is 5.84 Å². The highest BCUT2D eigenvalue weighted by Gasteiger charge is 2.11. The van der Waals surface area contributed by atoms with Crippen molar-refractivity contribution in [2.24, 2.45) is 11.5 Å². The molecule has 0 bridgehead atoms. The number of benzene rings is 1. The molecule has 0 radical (unpaired) electrons. The van der Waals surface area contributed by atoms with E-state index in [1.54, 1.807) is 24.3 Å². The van der Waals surface area contributed by atoms with Crippen LogP contribution in [-0.4, -0.2) is 18.2 Å². The van der Waals surface area contributed by atoms with Gasteiger partial charge >= 0.3 is 0 Å². The molecule has 0 aliphatic rings. The molecule has 0 aliphatic carbocycles. The van der Waals surface area contributed by atoms with Crippen LogP contribution in [0.1, 0.15) is 41.6 Å². The van der Waals surface area contributed by atoms with E-state index in [0.717, 1.165) is 19.3 Å². The van der Waals surface area contributed by atoms with Gasteiger partial charge in [-0.3, -0.25) is 10.2 Å². The van der Waals surface area contributed by atoms with Crippen LogP contribution in [-0.2, 0) is 0 Å². The van der Waals surface area contributed by atoms with E-state index in [9.17, 15) is 4.79 Å². The molecule has 1 aromatic carbocycles. The Morgan fingerprint density at radius 2 is 1.76 bits per heavy atom. The average Bonchev–Trinajstić information content (AvgIpc) is 2.34. The summed E-state index contributed by atoms with van der Waals surface area (Å²) >= 11 is 0. The second kappa shape index (κ2) is 6.81. The first-order valence-corrected chi connectivity index (χ1v) is 5.83. The van der Waals surface area contributed by atoms with Crippen LogP contribution in [0.2, 0.25) is 0 Å². The Hall–Kier alpha value is -1.68. The quantitative estimate of drug-likeness (QED) is 0.289. The lowest BCUT2D eigenvalue weighted by Gasteiger charge is -2.06. The number of Topliss-reactive ketones (excluding diaryl/α,β-unsaturated/α-hetero) is 1. The van der Waals surface area contributed by atoms with Crippen molar-refractivity contribution in [3.8, 4) is 0 Å². The molecule has 0 heterocycles. The number of carbonyl (C=O) groups excluding carboxylic acids is 1. The van der Waals surface area contributed by atoms with Crippen molar-refractivity contribution in [1.29, 1.82) is 5.41 Å². The Bertz CT molecular complexity index is 401. The number of ketones is 1. The smallest absolute Gasteiger partial charge is 0.163 e. The van der Waals surface area contributed by atoms with Gasteiger partial charge in [-0.05, 0) is 19.4 Å². The Kier molecular flexibility index (Phi) is 5.36. The third kappa shape index (κ3) is 4.00. The minimum Gasteiger partial charge on any atom is -0.384 e. The molecule has 0 spiro atoms. The molecule has 0 atom stereocenters. The van der Waals surface area contributed by atoms with Gasteiger partial charge in [0.25, 0.3) is 0 Å². The van der Waals surface area contributed by atoms with Crippen LogP contribution in [0, 0.1) is 5.41 Å². The van der Waals surface area contributed by atoms with Gasteiger partial charge in [-0.25, -0.2) is 0 Å². The number of unbranched alkanes of at least 4 members (excludes halogenated alkanes) is 2. The molecule has 0 saturated carbocycles. The number of nitrogen functional groups attached to an aromatic ring is 1. The summed E-state index contributed by atoms with van der Waals surface area (Å²) in [6.07, 6.45) is 3.23. The van der Waals surface area contributed by atoms with Crippen molar-refractivity contribution in [1.82, 2.24) is 0 Å². The lowest BCUT2D eigenvalue weighted by molar-refractivity contribution is 0.0979. The lowest BCUT2D eigenvalue weighted by Crippen LogP contribution is -2.16. The maximum atomic E-state index is 11.9. The summed E-state index contributed by atoms with van der Waals surface area (Å²) in [5, 5.41) is 7.42. The van der Waals surface area contributed by atoms with Crippen molar-refractivity contribution in [2.75, 3.05) is 6.54 Å². The first-order valence-electron chi connectivity index (χ1n) is 5.83. The highest BCUT2D eigenvalue weighted by molar-refractivity contribution is 6.08. The van der Waals surface area contributed by atoms with Crippen molar-refractivity contribution in [2.45, 2.75) is 25.7 Å². The molecule has 1 rings (SSSR count). The lowest BCUT2D eigenvalue weighted by atomic mass is 9.99. The van der Waals surface area contributed by atoms with Crippen LogP contribution in [0.25, 0.3) is 0 Å². The number of nitrogens with two attached hydrogens (primary N) is 2. The van der Waals surface area contributed by atoms with E-state index in [1.807, 2.05) is 0 Å². The number of amidine groups is 1. The predicted octanol–water partition coefficient (Wildman–Crippen LogP) is 1.67. The third-order valence-corrected chi connectivity index (χ3v) is 2.63. The average molecular weight is 233 g/mol. The fourth-order valence-corrected chi connectivity index (χ4v) is 1.70. The molecule has 92 valence electrons. The highest BCUT2D eigenvalue weighted by Crippen LogP contribution is 2.13. The summed E-state index contributed by atoms with van der Waals surface area (Å²) in [5.74, 6) is -0.0104. The molecule has 4 heteroatoms. The van der Waals surface area contributed by atoms with Gasteiger partial charge in [-0.15, -0.1) is 0 Å². The van der Waals surface area contributed by atoms with E-state index in [4.69, 9.17) is 16.9 Å². The minimum absolute atomic E-state index is 0.0489. The Balaban J connectivity index is 2.65. The normalized spacial score (nSPS) is 10.2. The van der Waals surface area contributed by atoms with Gasteiger partial charge in [0.2, 0.25) is 0 Å². The molecular weight excluding hydrogens is 214 g/mol. The maximum absolute atomic E-state index is 11.9. The molecular formula is C13H19N3O. The molecule has 0 fully saturated rings. The van der Waals surface area contributed by atoms with E-state index < -0.39 is 0 Å². The number of hydrogen-bond acceptors (Lipinski definition) is 3. The molecule has 4 nitrogen and oxygen atoms in total. The molecule has 0 aromatic heterocycles. The standard InChI is InChI=1S/C13H19N3O/c14-9-5-1-2-8-12(17)10-6-3-4-7-11(10)13(15)16/h3-4,6-7H,1-2,5,8-9,14H2,(H3,15,16). The number of nitrogens with one attached hydrogen (secondary N) is 1. The van der Waals surface area contributed by atoms with Crippen molar-refractivity contribution >= 4 is 11.6 Å². The number of rotatable bonds is 7. The van der Waals surface area contributed by atoms with Gasteiger partial charge in [0.15, 0.2) is 5.78 Å². The Morgan fingerprint density at radius 3 is 2.35 bits per heavy atom. The van der Waals surface area contributed by atoms with Crippen LogP contribution < -0.4 is 11.5 Å². The highest BCUT2D eigenvalue weighted by atomic mass is 16.1. The summed E-state index contributed by atoms with van der Waals surface area (Å²) in [4.78, 5) is 11.9. The maximum Gasteiger partial charge on any atom is 0.163 e. The first kappa shape index (κ1) is 13.4. The van der Waals surface area contributed by atoms with Crippen LogP contribution in [0.4, 0.5) is 0 Å². The topological polar surface area (TPSA) is 93.0 Å². The van der Waals surface area contributed by atoms with E-state index in [-0.39, 0.29) is 11.6 Å². The van der Waals surface area contributed by atoms with E-state index in [2.05, 4.69) is 0 Å². The predicted molar refractivity (Wildman–Crippen MR) is 69.3 cm³/mol. The van der Waals surface area contributed by atoms with Gasteiger partial charge < -0.3 is 11.5 Å². The van der Waals surface area contributed by atoms with Crippen molar-refractivity contribution < 1.29 is 4.79 Å². The zero-order valence-electron chi connectivity index (χ0n) is 9.91. The second-order valence-electron chi connectivity index (χ2n) is 3.98. The number of hydrogen-bond donors (Lipinski definition) is 3. The van der Waals surface area contributed by atoms with E-state index in [1.165, 1.54) is 0 Å². The molecule has 0 aliphatic heterocycles. The van der Waals surface area contributed by atoms with Crippen LogP contribution >= 0.6 is 0 Å². The van der Waals surface area contributed by atoms with Gasteiger partial charge in [0, 0.05) is 17.5 Å². The van der Waals surface area contributed by atoms with Gasteiger partial charge in [-0.2, -0.15) is 0 Å². The van der Waals surface area contributed by atoms with Gasteiger partial charge in [0.05, 0.1) is 0 Å². The molecule has 5 N–H and O–H groups in total. The molecule has 0 saturated heterocycles. The van der Waals surface area contributed by atoms with Crippen molar-refractivity contribution in [3.05, 3.63) is 35.4 Å². The summed E-state index contributed by atoms with van der Waals surface area (Å²) in [7, 11) is 0. The van der Waals surface area contributed by atoms with Crippen LogP contribution in [0.3, 0.4) is 0 Å². The summed E-state index contributed by atoms with van der Waals surface area (Å²) in [6.45, 7) is 0.665. The van der Waals surface area contributed by atoms with Crippen molar-refractivity contribution in [3.63, 3.8) is 0 Å². The fourth-order valence-electron chi connectivity index (χ4n) is 1.70. The molecule has 1 aromatic rings. The zero-order chi connectivity index (χ0) is 12.7.